The van der Waals surface area contributed by atoms with Crippen molar-refractivity contribution in [3.05, 3.63) is 12.2 Å². The molecule has 0 saturated heterocycles. The second-order valence-electron chi connectivity index (χ2n) is 3.91. The maximum atomic E-state index is 9.58. The van der Waals surface area contributed by atoms with Gasteiger partial charge >= 0.3 is 0 Å². The fourth-order valence-electron chi connectivity index (χ4n) is 0.925. The van der Waals surface area contributed by atoms with Crippen LogP contribution in [0.4, 0.5) is 0 Å². The van der Waals surface area contributed by atoms with Crippen LogP contribution in [0.25, 0.3) is 0 Å². The third-order valence-electron chi connectivity index (χ3n) is 2.13. The summed E-state index contributed by atoms with van der Waals surface area (Å²) >= 11 is 0. The Bertz CT molecular complexity index is 150. The van der Waals surface area contributed by atoms with E-state index in [1.807, 2.05) is 27.7 Å². The third-order valence-corrected chi connectivity index (χ3v) is 2.13. The van der Waals surface area contributed by atoms with Crippen molar-refractivity contribution in [2.75, 3.05) is 0 Å². The second kappa shape index (κ2) is 4.63. The van der Waals surface area contributed by atoms with Crippen LogP contribution in [-0.4, -0.2) is 22.4 Å². The highest BCUT2D eigenvalue weighted by Gasteiger charge is 2.23. The van der Waals surface area contributed by atoms with Gasteiger partial charge in [0.2, 0.25) is 0 Å². The molecule has 0 fully saturated rings. The van der Waals surface area contributed by atoms with Gasteiger partial charge in [-0.25, -0.2) is 0 Å². The van der Waals surface area contributed by atoms with E-state index in [0.29, 0.717) is 5.57 Å². The van der Waals surface area contributed by atoms with Crippen LogP contribution in [0.5, 0.6) is 0 Å². The van der Waals surface area contributed by atoms with Crippen LogP contribution in [0.1, 0.15) is 27.7 Å². The predicted octanol–water partition coefficient (Wildman–Crippen LogP) is 1.58. The van der Waals surface area contributed by atoms with E-state index in [2.05, 4.69) is 6.58 Å². The molecule has 2 N–H and O–H groups in total. The zero-order valence-electron chi connectivity index (χ0n) is 8.41. The van der Waals surface area contributed by atoms with Crippen LogP contribution < -0.4 is 0 Å². The maximum Gasteiger partial charge on any atom is 0.101 e. The largest absolute Gasteiger partial charge is 0.390 e. The van der Waals surface area contributed by atoms with Crippen molar-refractivity contribution in [2.24, 2.45) is 11.8 Å². The third kappa shape index (κ3) is 2.95. The van der Waals surface area contributed by atoms with Gasteiger partial charge < -0.3 is 10.2 Å². The van der Waals surface area contributed by atoms with E-state index in [-0.39, 0.29) is 11.8 Å². The van der Waals surface area contributed by atoms with E-state index in [1.54, 1.807) is 0 Å². The Kier molecular flexibility index (Phi) is 4.50. The number of hydrogen-bond acceptors (Lipinski definition) is 2. The predicted molar refractivity (Wildman–Crippen MR) is 50.8 cm³/mol. The Hall–Kier alpha value is -0.340. The minimum atomic E-state index is -0.787. The highest BCUT2D eigenvalue weighted by atomic mass is 16.3. The van der Waals surface area contributed by atoms with E-state index in [4.69, 9.17) is 0 Å². The van der Waals surface area contributed by atoms with Crippen LogP contribution in [0, 0.1) is 11.8 Å². The van der Waals surface area contributed by atoms with Gasteiger partial charge in [-0.15, -0.1) is 0 Å². The number of rotatable bonds is 4. The fraction of sp³-hybridized carbons (Fsp3) is 0.800. The van der Waals surface area contributed by atoms with Gasteiger partial charge in [-0.3, -0.25) is 0 Å². The number of aliphatic hydroxyl groups is 2. The molecule has 0 amide bonds. The number of hydrogen-bond donors (Lipinski definition) is 2. The molecule has 2 atom stereocenters. The molecule has 0 rings (SSSR count). The molecule has 2 heteroatoms. The topological polar surface area (TPSA) is 40.5 Å². The van der Waals surface area contributed by atoms with E-state index in [1.165, 1.54) is 0 Å². The zero-order chi connectivity index (χ0) is 9.89. The maximum absolute atomic E-state index is 9.58. The van der Waals surface area contributed by atoms with E-state index in [9.17, 15) is 10.2 Å². The van der Waals surface area contributed by atoms with Crippen molar-refractivity contribution in [2.45, 2.75) is 39.9 Å². The SMILES string of the molecule is C=C(C(C)C)[C@@H](O)[C@@H](O)C(C)C. The summed E-state index contributed by atoms with van der Waals surface area (Å²) in [6.45, 7) is 11.4. The van der Waals surface area contributed by atoms with Crippen LogP contribution >= 0.6 is 0 Å². The lowest BCUT2D eigenvalue weighted by Crippen LogP contribution is -2.33. The van der Waals surface area contributed by atoms with Gasteiger partial charge in [0, 0.05) is 0 Å². The average molecular weight is 172 g/mol. The molecule has 12 heavy (non-hydrogen) atoms. The first kappa shape index (κ1) is 11.7. The van der Waals surface area contributed by atoms with Crippen LogP contribution in [0.2, 0.25) is 0 Å². The molecule has 0 aromatic carbocycles. The Morgan fingerprint density at radius 3 is 1.75 bits per heavy atom. The molecular formula is C10H20O2. The van der Waals surface area contributed by atoms with Gasteiger partial charge in [-0.1, -0.05) is 34.3 Å². The Morgan fingerprint density at radius 1 is 1.08 bits per heavy atom. The smallest absolute Gasteiger partial charge is 0.101 e. The van der Waals surface area contributed by atoms with Crippen molar-refractivity contribution in [1.82, 2.24) is 0 Å². The summed E-state index contributed by atoms with van der Waals surface area (Å²) in [6, 6.07) is 0. The molecule has 0 aliphatic heterocycles. The Labute approximate surface area is 74.9 Å². The lowest BCUT2D eigenvalue weighted by molar-refractivity contribution is 0.00846. The standard InChI is InChI=1S/C10H20O2/c1-6(2)8(5)10(12)9(11)7(3)4/h6-7,9-12H,5H2,1-4H3/t9-,10+/m0/s1. The van der Waals surface area contributed by atoms with Crippen molar-refractivity contribution in [3.8, 4) is 0 Å². The lowest BCUT2D eigenvalue weighted by Gasteiger charge is -2.24. The van der Waals surface area contributed by atoms with Crippen LogP contribution in [0.3, 0.4) is 0 Å². The minimum Gasteiger partial charge on any atom is -0.390 e. The molecule has 0 bridgehead atoms. The van der Waals surface area contributed by atoms with Gasteiger partial charge in [-0.05, 0) is 17.4 Å². The van der Waals surface area contributed by atoms with E-state index >= 15 is 0 Å². The first-order valence-electron chi connectivity index (χ1n) is 4.42. The summed E-state index contributed by atoms with van der Waals surface area (Å²) in [6.07, 6.45) is -1.48. The first-order valence-corrected chi connectivity index (χ1v) is 4.42. The summed E-state index contributed by atoms with van der Waals surface area (Å²) in [5.74, 6) is 0.281. The summed E-state index contributed by atoms with van der Waals surface area (Å²) in [5, 5.41) is 19.1. The molecule has 72 valence electrons. The van der Waals surface area contributed by atoms with Gasteiger partial charge in [0.25, 0.3) is 0 Å². The molecule has 0 spiro atoms. The average Bonchev–Trinajstić information content (AvgIpc) is 2.00. The molecular weight excluding hydrogens is 152 g/mol. The van der Waals surface area contributed by atoms with Crippen LogP contribution in [0.15, 0.2) is 12.2 Å². The van der Waals surface area contributed by atoms with Crippen molar-refractivity contribution < 1.29 is 10.2 Å². The summed E-state index contributed by atoms with van der Waals surface area (Å²) in [4.78, 5) is 0. The lowest BCUT2D eigenvalue weighted by atomic mass is 9.91. The highest BCUT2D eigenvalue weighted by Crippen LogP contribution is 2.18. The van der Waals surface area contributed by atoms with Crippen molar-refractivity contribution in [1.29, 1.82) is 0 Å². The molecule has 0 radical (unpaired) electrons. The van der Waals surface area contributed by atoms with Gasteiger partial charge in [0.1, 0.15) is 6.10 Å². The number of aliphatic hydroxyl groups excluding tert-OH is 2. The molecule has 0 heterocycles. The second-order valence-corrected chi connectivity index (χ2v) is 3.91. The first-order chi connectivity index (χ1) is 5.37. The summed E-state index contributed by atoms with van der Waals surface area (Å²) in [7, 11) is 0. The molecule has 0 unspecified atom stereocenters. The van der Waals surface area contributed by atoms with Gasteiger partial charge in [0.05, 0.1) is 6.10 Å². The normalized spacial score (nSPS) is 16.7. The Balaban J connectivity index is 4.19. The monoisotopic (exact) mass is 172 g/mol. The molecule has 0 aliphatic carbocycles. The molecule has 0 aliphatic rings. The summed E-state index contributed by atoms with van der Waals surface area (Å²) < 4.78 is 0. The molecule has 0 aromatic heterocycles. The van der Waals surface area contributed by atoms with E-state index < -0.39 is 12.2 Å². The molecule has 0 saturated carbocycles. The Morgan fingerprint density at radius 2 is 1.50 bits per heavy atom. The van der Waals surface area contributed by atoms with Gasteiger partial charge in [-0.2, -0.15) is 0 Å². The molecule has 0 aromatic rings. The summed E-state index contributed by atoms with van der Waals surface area (Å²) in [5.41, 5.74) is 0.705. The minimum absolute atomic E-state index is 0.0653. The zero-order valence-corrected chi connectivity index (χ0v) is 8.41. The highest BCUT2D eigenvalue weighted by molar-refractivity contribution is 5.07. The van der Waals surface area contributed by atoms with Crippen LogP contribution in [-0.2, 0) is 0 Å². The van der Waals surface area contributed by atoms with E-state index in [0.717, 1.165) is 0 Å². The van der Waals surface area contributed by atoms with Crippen molar-refractivity contribution in [3.63, 3.8) is 0 Å². The van der Waals surface area contributed by atoms with Crippen molar-refractivity contribution >= 4 is 0 Å². The fourth-order valence-corrected chi connectivity index (χ4v) is 0.925. The molecule has 2 nitrogen and oxygen atoms in total. The quantitative estimate of drug-likeness (QED) is 0.632. The van der Waals surface area contributed by atoms with Gasteiger partial charge in [0.15, 0.2) is 0 Å².